The molecule has 3 aromatic rings. The van der Waals surface area contributed by atoms with Crippen LogP contribution in [0.2, 0.25) is 0 Å². The van der Waals surface area contributed by atoms with Crippen LogP contribution in [0.4, 0.5) is 20.6 Å². The first-order valence-corrected chi connectivity index (χ1v) is 15.6. The highest BCUT2D eigenvalue weighted by atomic mass is 32.2. The molecule has 2 atom stereocenters. The first kappa shape index (κ1) is 32.3. The van der Waals surface area contributed by atoms with Gasteiger partial charge >= 0.3 is 6.09 Å². The molecule has 13 heteroatoms. The van der Waals surface area contributed by atoms with Crippen molar-refractivity contribution in [1.29, 1.82) is 0 Å². The largest absolute Gasteiger partial charge is 0.491 e. The van der Waals surface area contributed by atoms with Crippen LogP contribution >= 0.6 is 0 Å². The number of primary amides is 1. The fourth-order valence-corrected chi connectivity index (χ4v) is 6.51. The van der Waals surface area contributed by atoms with Crippen molar-refractivity contribution < 1.29 is 37.0 Å². The number of rotatable bonds is 11. The minimum absolute atomic E-state index is 0.00669. The van der Waals surface area contributed by atoms with Crippen molar-refractivity contribution in [1.82, 2.24) is 4.90 Å². The lowest BCUT2D eigenvalue weighted by Gasteiger charge is -2.32. The molecular weight excluding hydrogens is 591 g/mol. The third kappa shape index (κ3) is 6.94. The van der Waals surface area contributed by atoms with Crippen LogP contribution in [0.3, 0.4) is 0 Å². The Morgan fingerprint density at radius 3 is 2.50 bits per heavy atom. The lowest BCUT2D eigenvalue weighted by molar-refractivity contribution is -0.133. The number of hydrogen-bond donors (Lipinski definition) is 4. The number of sulfone groups is 1. The molecule has 3 amide bonds. The number of ether oxygens (including phenoxy) is 1. The second-order valence-corrected chi connectivity index (χ2v) is 13.1. The van der Waals surface area contributed by atoms with Crippen LogP contribution in [0, 0.1) is 5.82 Å². The van der Waals surface area contributed by atoms with Gasteiger partial charge in [0.15, 0.2) is 21.4 Å². The lowest BCUT2D eigenvalue weighted by Crippen LogP contribution is -2.38. The predicted octanol–water partition coefficient (Wildman–Crippen LogP) is 5.11. The smallest absolute Gasteiger partial charge is 0.409 e. The molecule has 4 rings (SSSR count). The minimum atomic E-state index is -3.82. The predicted molar refractivity (Wildman–Crippen MR) is 163 cm³/mol. The highest BCUT2D eigenvalue weighted by molar-refractivity contribution is 7.92. The fraction of sp³-hybridized carbons (Fsp3) is 0.323. The summed E-state index contributed by atoms with van der Waals surface area (Å²) in [5.41, 5.74) is 6.88. The standard InChI is InChI=1S/C31H35FN4O7S/c1-4-43-26-16-19(10-12-24(26)32)28(34-21-8-5-7-20(15-21)29(33)37)30(38)36-14-6-9-25(36)23-17-22(35-31(39)40)11-13-27(23)44(41,42)18(2)3/h5,7-8,10-13,15-18,25,28,34-35H,4,6,9,14H2,1-3H3,(H2,33,37)(H,39,40). The van der Waals surface area contributed by atoms with E-state index in [0.29, 0.717) is 29.7 Å². The third-order valence-electron chi connectivity index (χ3n) is 7.38. The number of nitrogens with zero attached hydrogens (tertiary/aromatic N) is 1. The van der Waals surface area contributed by atoms with E-state index in [1.54, 1.807) is 37.8 Å². The zero-order valence-corrected chi connectivity index (χ0v) is 25.4. The number of nitrogens with two attached hydrogens (primary N) is 1. The molecular formula is C31H35FN4O7S. The van der Waals surface area contributed by atoms with Gasteiger partial charge < -0.3 is 25.8 Å². The second-order valence-electron chi connectivity index (χ2n) is 10.6. The number of amides is 3. The number of nitrogens with one attached hydrogen (secondary N) is 2. The maximum atomic E-state index is 14.5. The average Bonchev–Trinajstić information content (AvgIpc) is 3.46. The van der Waals surface area contributed by atoms with E-state index in [1.807, 2.05) is 0 Å². The molecule has 1 aliphatic rings. The van der Waals surface area contributed by atoms with E-state index in [-0.39, 0.29) is 35.0 Å². The number of benzene rings is 3. The van der Waals surface area contributed by atoms with Crippen LogP contribution in [0.15, 0.2) is 65.6 Å². The van der Waals surface area contributed by atoms with Crippen molar-refractivity contribution in [3.63, 3.8) is 0 Å². The zero-order valence-electron chi connectivity index (χ0n) is 24.5. The number of likely N-dealkylation sites (tertiary alicyclic amines) is 1. The Balaban J connectivity index is 1.82. The normalized spacial score (nSPS) is 15.6. The van der Waals surface area contributed by atoms with Crippen LogP contribution in [0.5, 0.6) is 5.75 Å². The Morgan fingerprint density at radius 2 is 1.84 bits per heavy atom. The minimum Gasteiger partial charge on any atom is -0.491 e. The summed E-state index contributed by atoms with van der Waals surface area (Å²) in [4.78, 5) is 39.2. The number of anilines is 2. The number of carbonyl (C=O) groups is 3. The fourth-order valence-electron chi connectivity index (χ4n) is 5.22. The molecule has 3 aromatic carbocycles. The van der Waals surface area contributed by atoms with Gasteiger partial charge in [0.1, 0.15) is 6.04 Å². The van der Waals surface area contributed by atoms with Crippen molar-refractivity contribution in [2.75, 3.05) is 23.8 Å². The van der Waals surface area contributed by atoms with Crippen molar-refractivity contribution in [2.24, 2.45) is 5.73 Å². The highest BCUT2D eigenvalue weighted by Gasteiger charge is 2.38. The van der Waals surface area contributed by atoms with Crippen molar-refractivity contribution in [2.45, 2.75) is 55.8 Å². The first-order valence-electron chi connectivity index (χ1n) is 14.1. The van der Waals surface area contributed by atoms with Crippen LogP contribution in [-0.2, 0) is 14.6 Å². The Kier molecular flexibility index (Phi) is 9.78. The molecule has 0 aromatic heterocycles. The molecule has 234 valence electrons. The van der Waals surface area contributed by atoms with Crippen molar-refractivity contribution in [3.05, 3.63) is 83.2 Å². The van der Waals surface area contributed by atoms with E-state index in [9.17, 15) is 32.3 Å². The van der Waals surface area contributed by atoms with Gasteiger partial charge in [0.25, 0.3) is 0 Å². The van der Waals surface area contributed by atoms with Gasteiger partial charge in [-0.2, -0.15) is 0 Å². The van der Waals surface area contributed by atoms with E-state index in [1.165, 1.54) is 48.5 Å². The second kappa shape index (κ2) is 13.3. The quantitative estimate of drug-likeness (QED) is 0.228. The maximum absolute atomic E-state index is 14.5. The number of carbonyl (C=O) groups excluding carboxylic acids is 2. The van der Waals surface area contributed by atoms with Gasteiger partial charge in [0.2, 0.25) is 11.8 Å². The zero-order chi connectivity index (χ0) is 32.2. The summed E-state index contributed by atoms with van der Waals surface area (Å²) in [6, 6.07) is 12.7. The summed E-state index contributed by atoms with van der Waals surface area (Å²) in [5.74, 6) is -1.77. The summed E-state index contributed by atoms with van der Waals surface area (Å²) in [6.45, 7) is 5.26. The topological polar surface area (TPSA) is 168 Å². The van der Waals surface area contributed by atoms with Crippen LogP contribution in [0.25, 0.3) is 0 Å². The molecule has 0 saturated carbocycles. The summed E-state index contributed by atoms with van der Waals surface area (Å²) in [6.07, 6.45) is -0.356. The molecule has 1 fully saturated rings. The molecule has 0 radical (unpaired) electrons. The highest BCUT2D eigenvalue weighted by Crippen LogP contribution is 2.40. The van der Waals surface area contributed by atoms with Gasteiger partial charge in [-0.1, -0.05) is 12.1 Å². The molecule has 2 unspecified atom stereocenters. The molecule has 0 spiro atoms. The van der Waals surface area contributed by atoms with E-state index in [0.717, 1.165) is 0 Å². The Bertz CT molecular complexity index is 1680. The van der Waals surface area contributed by atoms with Gasteiger partial charge in [-0.05, 0) is 93.3 Å². The maximum Gasteiger partial charge on any atom is 0.409 e. The van der Waals surface area contributed by atoms with E-state index in [4.69, 9.17) is 10.5 Å². The van der Waals surface area contributed by atoms with Gasteiger partial charge in [0.05, 0.1) is 22.8 Å². The lowest BCUT2D eigenvalue weighted by atomic mass is 10.0. The third-order valence-corrected chi connectivity index (χ3v) is 9.60. The van der Waals surface area contributed by atoms with Crippen molar-refractivity contribution in [3.8, 4) is 5.75 Å². The molecule has 0 aliphatic carbocycles. The van der Waals surface area contributed by atoms with Crippen LogP contribution in [-0.4, -0.2) is 54.7 Å². The van der Waals surface area contributed by atoms with Gasteiger partial charge in [-0.15, -0.1) is 0 Å². The van der Waals surface area contributed by atoms with E-state index in [2.05, 4.69) is 10.6 Å². The van der Waals surface area contributed by atoms with E-state index < -0.39 is 50.9 Å². The summed E-state index contributed by atoms with van der Waals surface area (Å²) >= 11 is 0. The average molecular weight is 627 g/mol. The molecule has 11 nitrogen and oxygen atoms in total. The Hall–Kier alpha value is -4.65. The van der Waals surface area contributed by atoms with Crippen molar-refractivity contribution >= 4 is 39.1 Å². The molecule has 0 bridgehead atoms. The Labute approximate surface area is 255 Å². The first-order chi connectivity index (χ1) is 20.8. The summed E-state index contributed by atoms with van der Waals surface area (Å²) in [7, 11) is -3.82. The molecule has 1 heterocycles. The van der Waals surface area contributed by atoms with Gasteiger partial charge in [-0.3, -0.25) is 14.9 Å². The molecule has 44 heavy (non-hydrogen) atoms. The molecule has 1 aliphatic heterocycles. The monoisotopic (exact) mass is 626 g/mol. The molecule has 5 N–H and O–H groups in total. The van der Waals surface area contributed by atoms with Gasteiger partial charge in [0, 0.05) is 23.5 Å². The SMILES string of the molecule is CCOc1cc(C(Nc2cccc(C(N)=O)c2)C(=O)N2CCCC2c2cc(NC(=O)O)ccc2S(=O)(=O)C(C)C)ccc1F. The number of hydrogen-bond acceptors (Lipinski definition) is 7. The van der Waals surface area contributed by atoms with Crippen LogP contribution < -0.4 is 21.1 Å². The summed E-state index contributed by atoms with van der Waals surface area (Å²) in [5, 5.41) is 13.9. The number of halogens is 1. The Morgan fingerprint density at radius 1 is 1.09 bits per heavy atom. The van der Waals surface area contributed by atoms with Crippen LogP contribution in [0.1, 0.15) is 67.2 Å². The molecule has 1 saturated heterocycles. The summed E-state index contributed by atoms with van der Waals surface area (Å²) < 4.78 is 46.7. The number of carboxylic acid groups (broad SMARTS) is 1. The van der Waals surface area contributed by atoms with E-state index >= 15 is 0 Å². The van der Waals surface area contributed by atoms with Gasteiger partial charge in [-0.25, -0.2) is 17.6 Å².